The molecule has 2 rings (SSSR count). The third-order valence-electron chi connectivity index (χ3n) is 3.52. The van der Waals surface area contributed by atoms with E-state index in [9.17, 15) is 13.2 Å². The molecule has 2 aromatic rings. The smallest absolute Gasteiger partial charge is 0.255 e. The van der Waals surface area contributed by atoms with Crippen LogP contribution in [0.3, 0.4) is 0 Å². The summed E-state index contributed by atoms with van der Waals surface area (Å²) in [7, 11) is -2.05. The Morgan fingerprint density at radius 1 is 1.04 bits per heavy atom. The molecule has 0 fully saturated rings. The second-order valence-electron chi connectivity index (χ2n) is 7.20. The molecule has 152 valence electrons. The van der Waals surface area contributed by atoms with Gasteiger partial charge in [-0.05, 0) is 57.2 Å². The third kappa shape index (κ3) is 6.63. The topological polar surface area (TPSA) is 93.7 Å². The van der Waals surface area contributed by atoms with Gasteiger partial charge in [-0.3, -0.25) is 4.79 Å². The Morgan fingerprint density at radius 3 is 2.32 bits per heavy atom. The summed E-state index contributed by atoms with van der Waals surface area (Å²) < 4.78 is 37.7. The van der Waals surface area contributed by atoms with Crippen molar-refractivity contribution in [3.8, 4) is 5.75 Å². The summed E-state index contributed by atoms with van der Waals surface area (Å²) in [6.07, 6.45) is 0. The molecule has 0 saturated heterocycles. The van der Waals surface area contributed by atoms with E-state index in [4.69, 9.17) is 9.47 Å². The van der Waals surface area contributed by atoms with E-state index >= 15 is 0 Å². The summed E-state index contributed by atoms with van der Waals surface area (Å²) in [5, 5.41) is 2.77. The summed E-state index contributed by atoms with van der Waals surface area (Å²) >= 11 is 0. The van der Waals surface area contributed by atoms with Crippen LogP contribution in [0.2, 0.25) is 0 Å². The van der Waals surface area contributed by atoms with Crippen molar-refractivity contribution in [1.29, 1.82) is 0 Å². The standard InChI is InChI=1S/C20H26N2O5S/c1-20(2,3)22-28(24,25)18-10-8-15(9-11-18)19(23)21-16-6-5-7-17(14-16)27-13-12-26-4/h5-11,14,22H,12-13H2,1-4H3,(H,21,23). The van der Waals surface area contributed by atoms with Gasteiger partial charge in [-0.15, -0.1) is 0 Å². The van der Waals surface area contributed by atoms with Crippen LogP contribution >= 0.6 is 0 Å². The average molecular weight is 407 g/mol. The maximum atomic E-state index is 12.4. The van der Waals surface area contributed by atoms with Crippen LogP contribution in [0.25, 0.3) is 0 Å². The van der Waals surface area contributed by atoms with Crippen molar-refractivity contribution in [2.24, 2.45) is 0 Å². The number of carbonyl (C=O) groups is 1. The predicted molar refractivity (Wildman–Crippen MR) is 108 cm³/mol. The Balaban J connectivity index is 2.06. The largest absolute Gasteiger partial charge is 0.491 e. The van der Waals surface area contributed by atoms with E-state index < -0.39 is 15.6 Å². The number of amides is 1. The van der Waals surface area contributed by atoms with Crippen molar-refractivity contribution < 1.29 is 22.7 Å². The minimum Gasteiger partial charge on any atom is -0.491 e. The van der Waals surface area contributed by atoms with Crippen LogP contribution in [0.1, 0.15) is 31.1 Å². The number of nitrogens with one attached hydrogen (secondary N) is 2. The Hall–Kier alpha value is -2.42. The van der Waals surface area contributed by atoms with Crippen LogP contribution in [-0.2, 0) is 14.8 Å². The fourth-order valence-electron chi connectivity index (χ4n) is 2.36. The maximum absolute atomic E-state index is 12.4. The molecule has 0 aliphatic heterocycles. The molecule has 0 aliphatic carbocycles. The number of methoxy groups -OCH3 is 1. The highest BCUT2D eigenvalue weighted by Crippen LogP contribution is 2.19. The molecular weight excluding hydrogens is 380 g/mol. The molecule has 0 atom stereocenters. The molecule has 0 unspecified atom stereocenters. The van der Waals surface area contributed by atoms with E-state index in [0.717, 1.165) is 0 Å². The lowest BCUT2D eigenvalue weighted by Gasteiger charge is -2.20. The lowest BCUT2D eigenvalue weighted by atomic mass is 10.1. The Morgan fingerprint density at radius 2 is 1.71 bits per heavy atom. The van der Waals surface area contributed by atoms with Crippen molar-refractivity contribution >= 4 is 21.6 Å². The molecule has 0 spiro atoms. The second-order valence-corrected chi connectivity index (χ2v) is 8.89. The van der Waals surface area contributed by atoms with Crippen molar-refractivity contribution in [1.82, 2.24) is 4.72 Å². The lowest BCUT2D eigenvalue weighted by molar-refractivity contribution is 0.102. The number of benzene rings is 2. The number of sulfonamides is 1. The van der Waals surface area contributed by atoms with E-state index in [1.54, 1.807) is 52.1 Å². The van der Waals surface area contributed by atoms with Crippen molar-refractivity contribution in [3.63, 3.8) is 0 Å². The molecule has 0 heterocycles. The zero-order valence-electron chi connectivity index (χ0n) is 16.5. The zero-order valence-corrected chi connectivity index (χ0v) is 17.3. The minimum absolute atomic E-state index is 0.104. The van der Waals surface area contributed by atoms with Crippen LogP contribution in [0, 0.1) is 0 Å². The van der Waals surface area contributed by atoms with E-state index in [1.807, 2.05) is 0 Å². The van der Waals surface area contributed by atoms with Crippen molar-refractivity contribution in [3.05, 3.63) is 54.1 Å². The SMILES string of the molecule is COCCOc1cccc(NC(=O)c2ccc(S(=O)(=O)NC(C)(C)C)cc2)c1. The van der Waals surface area contributed by atoms with E-state index in [-0.39, 0.29) is 10.8 Å². The van der Waals surface area contributed by atoms with Gasteiger partial charge in [0.25, 0.3) is 5.91 Å². The van der Waals surface area contributed by atoms with Gasteiger partial charge in [0, 0.05) is 30.0 Å². The van der Waals surface area contributed by atoms with Crippen LogP contribution in [0.5, 0.6) is 5.75 Å². The van der Waals surface area contributed by atoms with Gasteiger partial charge in [0.05, 0.1) is 11.5 Å². The summed E-state index contributed by atoms with van der Waals surface area (Å²) in [6.45, 7) is 6.17. The first-order valence-electron chi connectivity index (χ1n) is 8.78. The summed E-state index contributed by atoms with van der Waals surface area (Å²) in [5.41, 5.74) is 0.331. The van der Waals surface area contributed by atoms with E-state index in [2.05, 4.69) is 10.0 Å². The molecule has 28 heavy (non-hydrogen) atoms. The molecule has 0 aliphatic rings. The minimum atomic E-state index is -3.64. The van der Waals surface area contributed by atoms with Crippen molar-refractivity contribution in [2.75, 3.05) is 25.6 Å². The first-order valence-corrected chi connectivity index (χ1v) is 10.3. The van der Waals surface area contributed by atoms with Gasteiger partial charge in [0.2, 0.25) is 10.0 Å². The Labute approximate surface area is 166 Å². The number of hydrogen-bond donors (Lipinski definition) is 2. The number of hydrogen-bond acceptors (Lipinski definition) is 5. The van der Waals surface area contributed by atoms with Crippen LogP contribution in [0.15, 0.2) is 53.4 Å². The highest BCUT2D eigenvalue weighted by molar-refractivity contribution is 7.89. The van der Waals surface area contributed by atoms with Crippen LogP contribution < -0.4 is 14.8 Å². The van der Waals surface area contributed by atoms with Crippen LogP contribution in [-0.4, -0.2) is 40.2 Å². The molecule has 7 nitrogen and oxygen atoms in total. The van der Waals surface area contributed by atoms with Gasteiger partial charge in [0.1, 0.15) is 12.4 Å². The van der Waals surface area contributed by atoms with Crippen LogP contribution in [0.4, 0.5) is 5.69 Å². The third-order valence-corrected chi connectivity index (χ3v) is 5.29. The quantitative estimate of drug-likeness (QED) is 0.657. The first-order chi connectivity index (χ1) is 13.1. The van der Waals surface area contributed by atoms with Crippen molar-refractivity contribution in [2.45, 2.75) is 31.2 Å². The predicted octanol–water partition coefficient (Wildman–Crippen LogP) is 3.04. The summed E-state index contributed by atoms with van der Waals surface area (Å²) in [6, 6.07) is 12.8. The molecule has 2 N–H and O–H groups in total. The number of ether oxygens (including phenoxy) is 2. The number of anilines is 1. The van der Waals surface area contributed by atoms with Gasteiger partial charge in [-0.1, -0.05) is 6.07 Å². The molecule has 8 heteroatoms. The molecule has 0 aromatic heterocycles. The fraction of sp³-hybridized carbons (Fsp3) is 0.350. The average Bonchev–Trinajstić information content (AvgIpc) is 2.60. The van der Waals surface area contributed by atoms with Gasteiger partial charge < -0.3 is 14.8 Å². The summed E-state index contributed by atoms with van der Waals surface area (Å²) in [5.74, 6) is 0.270. The number of carbonyl (C=O) groups excluding carboxylic acids is 1. The van der Waals surface area contributed by atoms with Gasteiger partial charge in [0.15, 0.2) is 0 Å². The van der Waals surface area contributed by atoms with Gasteiger partial charge >= 0.3 is 0 Å². The van der Waals surface area contributed by atoms with Gasteiger partial charge in [-0.2, -0.15) is 0 Å². The van der Waals surface area contributed by atoms with E-state index in [0.29, 0.717) is 30.2 Å². The first kappa shape index (κ1) is 21.9. The Kier molecular flexibility index (Phi) is 7.17. The Bertz CT molecular complexity index is 903. The highest BCUT2D eigenvalue weighted by Gasteiger charge is 2.22. The maximum Gasteiger partial charge on any atom is 0.255 e. The molecule has 0 radical (unpaired) electrons. The monoisotopic (exact) mass is 406 g/mol. The van der Waals surface area contributed by atoms with E-state index in [1.165, 1.54) is 24.3 Å². The second kappa shape index (κ2) is 9.18. The molecule has 2 aromatic carbocycles. The fourth-order valence-corrected chi connectivity index (χ4v) is 3.78. The normalized spacial score (nSPS) is 11.9. The van der Waals surface area contributed by atoms with Gasteiger partial charge in [-0.25, -0.2) is 13.1 Å². The number of rotatable bonds is 8. The molecular formula is C20H26N2O5S. The summed E-state index contributed by atoms with van der Waals surface area (Å²) in [4.78, 5) is 12.5. The molecule has 0 saturated carbocycles. The molecule has 0 bridgehead atoms. The lowest BCUT2D eigenvalue weighted by Crippen LogP contribution is -2.40. The molecule has 1 amide bonds. The highest BCUT2D eigenvalue weighted by atomic mass is 32.2. The zero-order chi connectivity index (χ0) is 20.8.